The van der Waals surface area contributed by atoms with E-state index >= 15 is 0 Å². The Labute approximate surface area is 110 Å². The smallest absolute Gasteiger partial charge is 0.118 e. The van der Waals surface area contributed by atoms with Crippen LogP contribution in [0.15, 0.2) is 24.3 Å². The number of hydrogen-bond donors (Lipinski definition) is 1. The van der Waals surface area contributed by atoms with Gasteiger partial charge in [0.15, 0.2) is 0 Å². The number of methoxy groups -OCH3 is 1. The maximum absolute atomic E-state index is 5.52. The van der Waals surface area contributed by atoms with Gasteiger partial charge in [0.1, 0.15) is 5.75 Å². The van der Waals surface area contributed by atoms with Crippen molar-refractivity contribution in [1.82, 2.24) is 5.32 Å². The van der Waals surface area contributed by atoms with E-state index in [1.807, 2.05) is 19.1 Å². The molecule has 0 spiro atoms. The molecule has 0 aliphatic rings. The molecule has 0 amide bonds. The molecule has 0 aromatic heterocycles. The maximum atomic E-state index is 5.52. The summed E-state index contributed by atoms with van der Waals surface area (Å²) in [5.74, 6) is 0.904. The van der Waals surface area contributed by atoms with Gasteiger partial charge < -0.3 is 14.8 Å². The fourth-order valence-corrected chi connectivity index (χ4v) is 1.84. The summed E-state index contributed by atoms with van der Waals surface area (Å²) in [6, 6.07) is 8.63. The predicted molar refractivity (Wildman–Crippen MR) is 75.3 cm³/mol. The summed E-state index contributed by atoms with van der Waals surface area (Å²) in [4.78, 5) is 0. The summed E-state index contributed by atoms with van der Waals surface area (Å²) in [7, 11) is 1.69. The van der Waals surface area contributed by atoms with Gasteiger partial charge in [-0.3, -0.25) is 0 Å². The van der Waals surface area contributed by atoms with E-state index in [0.29, 0.717) is 6.04 Å². The quantitative estimate of drug-likeness (QED) is 0.732. The van der Waals surface area contributed by atoms with Gasteiger partial charge in [-0.25, -0.2) is 0 Å². The number of hydrogen-bond acceptors (Lipinski definition) is 3. The van der Waals surface area contributed by atoms with Gasteiger partial charge in [0, 0.05) is 12.6 Å². The molecule has 0 aliphatic carbocycles. The minimum absolute atomic E-state index is 0.387. The zero-order chi connectivity index (χ0) is 13.2. The van der Waals surface area contributed by atoms with E-state index in [2.05, 4.69) is 24.4 Å². The average Bonchev–Trinajstić information content (AvgIpc) is 2.42. The second kappa shape index (κ2) is 8.95. The molecule has 1 N–H and O–H groups in total. The molecular weight excluding hydrogens is 226 g/mol. The van der Waals surface area contributed by atoms with E-state index in [1.54, 1.807) is 7.11 Å². The third kappa shape index (κ3) is 5.52. The Hall–Kier alpha value is -1.06. The Kier molecular flexibility index (Phi) is 7.46. The highest BCUT2D eigenvalue weighted by molar-refractivity contribution is 5.27. The standard InChI is InChI=1S/C15H25NO2/c1-4-10-16-14(12-18-5-2)11-13-6-8-15(17-3)9-7-13/h6-9,14,16H,4-5,10-12H2,1-3H3. The zero-order valence-electron chi connectivity index (χ0n) is 11.7. The Bertz CT molecular complexity index is 303. The lowest BCUT2D eigenvalue weighted by molar-refractivity contribution is 0.122. The summed E-state index contributed by atoms with van der Waals surface area (Å²) in [6.07, 6.45) is 2.13. The third-order valence-corrected chi connectivity index (χ3v) is 2.85. The molecule has 0 saturated carbocycles. The van der Waals surface area contributed by atoms with Crippen LogP contribution in [0.2, 0.25) is 0 Å². The first-order valence-electron chi connectivity index (χ1n) is 6.74. The van der Waals surface area contributed by atoms with Crippen LogP contribution in [0.3, 0.4) is 0 Å². The number of nitrogens with one attached hydrogen (secondary N) is 1. The van der Waals surface area contributed by atoms with Gasteiger partial charge in [-0.2, -0.15) is 0 Å². The highest BCUT2D eigenvalue weighted by atomic mass is 16.5. The van der Waals surface area contributed by atoms with E-state index in [9.17, 15) is 0 Å². The lowest BCUT2D eigenvalue weighted by Gasteiger charge is -2.18. The highest BCUT2D eigenvalue weighted by Gasteiger charge is 2.08. The fraction of sp³-hybridized carbons (Fsp3) is 0.600. The second-order valence-electron chi connectivity index (χ2n) is 4.36. The van der Waals surface area contributed by atoms with Crippen LogP contribution in [0.25, 0.3) is 0 Å². The van der Waals surface area contributed by atoms with Crippen LogP contribution in [-0.4, -0.2) is 32.9 Å². The SMILES string of the molecule is CCCNC(COCC)Cc1ccc(OC)cc1. The van der Waals surface area contributed by atoms with Gasteiger partial charge in [0.25, 0.3) is 0 Å². The predicted octanol–water partition coefficient (Wildman–Crippen LogP) is 2.64. The molecule has 0 radical (unpaired) electrons. The Morgan fingerprint density at radius 2 is 1.89 bits per heavy atom. The molecule has 1 rings (SSSR count). The van der Waals surface area contributed by atoms with Crippen molar-refractivity contribution in [2.45, 2.75) is 32.7 Å². The van der Waals surface area contributed by atoms with E-state index in [-0.39, 0.29) is 0 Å². The first kappa shape index (κ1) is 15.0. The van der Waals surface area contributed by atoms with Crippen LogP contribution in [0, 0.1) is 0 Å². The normalized spacial score (nSPS) is 12.4. The van der Waals surface area contributed by atoms with Crippen molar-refractivity contribution < 1.29 is 9.47 Å². The van der Waals surface area contributed by atoms with Gasteiger partial charge in [0.05, 0.1) is 13.7 Å². The van der Waals surface area contributed by atoms with E-state index < -0.39 is 0 Å². The topological polar surface area (TPSA) is 30.5 Å². The second-order valence-corrected chi connectivity index (χ2v) is 4.36. The third-order valence-electron chi connectivity index (χ3n) is 2.85. The minimum Gasteiger partial charge on any atom is -0.497 e. The molecule has 0 saturated heterocycles. The van der Waals surface area contributed by atoms with E-state index in [4.69, 9.17) is 9.47 Å². The average molecular weight is 251 g/mol. The van der Waals surface area contributed by atoms with E-state index in [1.165, 1.54) is 5.56 Å². The molecular formula is C15H25NO2. The van der Waals surface area contributed by atoms with Crippen LogP contribution in [0.1, 0.15) is 25.8 Å². The van der Waals surface area contributed by atoms with Crippen molar-refractivity contribution in [3.8, 4) is 5.75 Å². The molecule has 0 bridgehead atoms. The molecule has 3 nitrogen and oxygen atoms in total. The molecule has 1 atom stereocenters. The van der Waals surface area contributed by atoms with Crippen molar-refractivity contribution >= 4 is 0 Å². The lowest BCUT2D eigenvalue weighted by Crippen LogP contribution is -2.36. The maximum Gasteiger partial charge on any atom is 0.118 e. The summed E-state index contributed by atoms with van der Waals surface area (Å²) < 4.78 is 10.7. The number of rotatable bonds is 9. The van der Waals surface area contributed by atoms with Gasteiger partial charge in [-0.15, -0.1) is 0 Å². The first-order chi connectivity index (χ1) is 8.80. The fourth-order valence-electron chi connectivity index (χ4n) is 1.84. The lowest BCUT2D eigenvalue weighted by atomic mass is 10.1. The van der Waals surface area contributed by atoms with Gasteiger partial charge in [-0.05, 0) is 44.0 Å². The first-order valence-corrected chi connectivity index (χ1v) is 6.74. The van der Waals surface area contributed by atoms with Gasteiger partial charge >= 0.3 is 0 Å². The van der Waals surface area contributed by atoms with Crippen molar-refractivity contribution in [1.29, 1.82) is 0 Å². The van der Waals surface area contributed by atoms with Crippen molar-refractivity contribution in [2.75, 3.05) is 26.9 Å². The summed E-state index contributed by atoms with van der Waals surface area (Å²) >= 11 is 0. The van der Waals surface area contributed by atoms with Crippen LogP contribution < -0.4 is 10.1 Å². The molecule has 1 aromatic rings. The summed E-state index contributed by atoms with van der Waals surface area (Å²) in [5.41, 5.74) is 1.31. The molecule has 1 aromatic carbocycles. The molecule has 0 fully saturated rings. The minimum atomic E-state index is 0.387. The molecule has 102 valence electrons. The molecule has 0 aliphatic heterocycles. The van der Waals surface area contributed by atoms with Crippen molar-refractivity contribution in [3.63, 3.8) is 0 Å². The summed E-state index contributed by atoms with van der Waals surface area (Å²) in [6.45, 7) is 6.78. The Morgan fingerprint density at radius 3 is 2.44 bits per heavy atom. The Balaban J connectivity index is 2.51. The largest absolute Gasteiger partial charge is 0.497 e. The highest BCUT2D eigenvalue weighted by Crippen LogP contribution is 2.12. The van der Waals surface area contributed by atoms with Crippen LogP contribution in [0.5, 0.6) is 5.75 Å². The summed E-state index contributed by atoms with van der Waals surface area (Å²) in [5, 5.41) is 3.53. The van der Waals surface area contributed by atoms with Crippen LogP contribution in [-0.2, 0) is 11.2 Å². The molecule has 18 heavy (non-hydrogen) atoms. The van der Waals surface area contributed by atoms with Gasteiger partial charge in [-0.1, -0.05) is 19.1 Å². The van der Waals surface area contributed by atoms with Crippen molar-refractivity contribution in [3.05, 3.63) is 29.8 Å². The zero-order valence-corrected chi connectivity index (χ0v) is 11.7. The van der Waals surface area contributed by atoms with Crippen molar-refractivity contribution in [2.24, 2.45) is 0 Å². The monoisotopic (exact) mass is 251 g/mol. The van der Waals surface area contributed by atoms with Crippen LogP contribution in [0.4, 0.5) is 0 Å². The number of ether oxygens (including phenoxy) is 2. The van der Waals surface area contributed by atoms with E-state index in [0.717, 1.165) is 38.3 Å². The Morgan fingerprint density at radius 1 is 1.17 bits per heavy atom. The van der Waals surface area contributed by atoms with Gasteiger partial charge in [0.2, 0.25) is 0 Å². The molecule has 3 heteroatoms. The van der Waals surface area contributed by atoms with Crippen LogP contribution >= 0.6 is 0 Å². The molecule has 1 unspecified atom stereocenters. The number of benzene rings is 1. The molecule has 0 heterocycles.